The average molecular weight is 506 g/mol. The van der Waals surface area contributed by atoms with Crippen LogP contribution in [0.4, 0.5) is 0 Å². The highest BCUT2D eigenvalue weighted by atomic mass is 15.3. The molecule has 0 spiro atoms. The van der Waals surface area contributed by atoms with Crippen LogP contribution in [0.15, 0.2) is 0 Å². The minimum Gasteiger partial charge on any atom is -0.328 e. The number of hydrogen-bond donors (Lipinski definition) is 0. The molecular formula is C34H72BN+. The van der Waals surface area contributed by atoms with Gasteiger partial charge in [-0.1, -0.05) is 168 Å². The predicted molar refractivity (Wildman–Crippen MR) is 168 cm³/mol. The number of quaternary nitrogens is 1. The lowest BCUT2D eigenvalue weighted by molar-refractivity contribution is -0.890. The number of rotatable bonds is 30. The second-order valence-corrected chi connectivity index (χ2v) is 12.6. The van der Waals surface area contributed by atoms with E-state index in [1.165, 1.54) is 197 Å². The van der Waals surface area contributed by atoms with Gasteiger partial charge in [-0.3, -0.25) is 0 Å². The molecule has 2 heteroatoms. The summed E-state index contributed by atoms with van der Waals surface area (Å²) in [4.78, 5) is 0. The quantitative estimate of drug-likeness (QED) is 0.0517. The highest BCUT2D eigenvalue weighted by Crippen LogP contribution is 2.15. The first-order chi connectivity index (χ1) is 17.1. The van der Waals surface area contributed by atoms with Crippen molar-refractivity contribution in [3.05, 3.63) is 0 Å². The van der Waals surface area contributed by atoms with Gasteiger partial charge in [-0.15, -0.1) is 0 Å². The summed E-state index contributed by atoms with van der Waals surface area (Å²) in [5.74, 6) is 0. The Balaban J connectivity index is 0. The Hall–Kier alpha value is 0.0249. The Kier molecular flexibility index (Phi) is 33.1. The Morgan fingerprint density at radius 1 is 0.278 bits per heavy atom. The van der Waals surface area contributed by atoms with Crippen molar-refractivity contribution in [3.8, 4) is 0 Å². The van der Waals surface area contributed by atoms with Gasteiger partial charge in [-0.2, -0.15) is 0 Å². The van der Waals surface area contributed by atoms with E-state index >= 15 is 0 Å². The molecule has 0 aromatic rings. The minimum atomic E-state index is 0. The summed E-state index contributed by atoms with van der Waals surface area (Å²) >= 11 is 0. The molecular weight excluding hydrogens is 433 g/mol. The molecule has 0 saturated heterocycles. The molecule has 0 aliphatic rings. The maximum atomic E-state index is 2.46. The molecule has 0 aromatic carbocycles. The molecule has 215 valence electrons. The number of hydrogen-bond acceptors (Lipinski definition) is 0. The number of nitrogens with zero attached hydrogens (tertiary/aromatic N) is 1. The van der Waals surface area contributed by atoms with Gasteiger partial charge in [0.25, 0.3) is 0 Å². The van der Waals surface area contributed by atoms with E-state index in [0.717, 1.165) is 0 Å². The fraction of sp³-hybridized carbons (Fsp3) is 1.00. The highest BCUT2D eigenvalue weighted by Gasteiger charge is 2.13. The highest BCUT2D eigenvalue weighted by molar-refractivity contribution is 5.75. The summed E-state index contributed by atoms with van der Waals surface area (Å²) in [6, 6.07) is 0. The van der Waals surface area contributed by atoms with Crippen LogP contribution in [0.2, 0.25) is 0 Å². The van der Waals surface area contributed by atoms with E-state index in [9.17, 15) is 0 Å². The second kappa shape index (κ2) is 31.2. The van der Waals surface area contributed by atoms with E-state index in [-0.39, 0.29) is 8.41 Å². The van der Waals surface area contributed by atoms with E-state index in [1.807, 2.05) is 0 Å². The van der Waals surface area contributed by atoms with Crippen molar-refractivity contribution in [2.75, 3.05) is 27.2 Å². The van der Waals surface area contributed by atoms with Crippen LogP contribution < -0.4 is 0 Å². The van der Waals surface area contributed by atoms with E-state index in [1.54, 1.807) is 0 Å². The topological polar surface area (TPSA) is 0 Å². The van der Waals surface area contributed by atoms with Crippen LogP contribution in [-0.4, -0.2) is 40.1 Å². The summed E-state index contributed by atoms with van der Waals surface area (Å²) in [6.45, 7) is 7.38. The SMILES string of the molecule is CCCCCCCCCCCCCCCC[N+](C)(C)CCCCCCCCCCCCCCCC.[B]. The molecule has 0 aliphatic heterocycles. The molecule has 0 saturated carbocycles. The molecule has 1 nitrogen and oxygen atoms in total. The van der Waals surface area contributed by atoms with E-state index in [4.69, 9.17) is 0 Å². The lowest BCUT2D eigenvalue weighted by Gasteiger charge is -2.30. The van der Waals surface area contributed by atoms with Gasteiger partial charge >= 0.3 is 0 Å². The lowest BCUT2D eigenvalue weighted by atomic mass is 10.0. The zero-order valence-electron chi connectivity index (χ0n) is 26.2. The monoisotopic (exact) mass is 506 g/mol. The van der Waals surface area contributed by atoms with Gasteiger partial charge in [-0.25, -0.2) is 0 Å². The standard InChI is InChI=1S/C34H72N.B/c1-5-7-9-11-13-15-17-19-21-23-25-27-29-31-33-35(3,4)34-32-30-28-26-24-22-20-18-16-14-12-10-8-6-2;/h5-34H2,1-4H3;/q+1;. The third-order valence-corrected chi connectivity index (χ3v) is 8.23. The van der Waals surface area contributed by atoms with Crippen molar-refractivity contribution in [2.24, 2.45) is 0 Å². The lowest BCUT2D eigenvalue weighted by Crippen LogP contribution is -2.41. The van der Waals surface area contributed by atoms with Gasteiger partial charge in [0.05, 0.1) is 27.2 Å². The molecule has 0 rings (SSSR count). The maximum absolute atomic E-state index is 2.46. The molecule has 3 radical (unpaired) electrons. The van der Waals surface area contributed by atoms with Crippen molar-refractivity contribution in [3.63, 3.8) is 0 Å². The number of unbranched alkanes of at least 4 members (excludes halogenated alkanes) is 26. The summed E-state index contributed by atoms with van der Waals surface area (Å²) < 4.78 is 1.25. The normalized spacial score (nSPS) is 11.7. The molecule has 0 aliphatic carbocycles. The maximum Gasteiger partial charge on any atom is 0.0782 e. The first-order valence-electron chi connectivity index (χ1n) is 16.9. The van der Waals surface area contributed by atoms with Gasteiger partial charge in [0.2, 0.25) is 0 Å². The largest absolute Gasteiger partial charge is 0.328 e. The summed E-state index contributed by atoms with van der Waals surface area (Å²) in [5.41, 5.74) is 0. The van der Waals surface area contributed by atoms with Crippen LogP contribution >= 0.6 is 0 Å². The fourth-order valence-corrected chi connectivity index (χ4v) is 5.58. The van der Waals surface area contributed by atoms with Crippen LogP contribution in [0.3, 0.4) is 0 Å². The summed E-state index contributed by atoms with van der Waals surface area (Å²) in [6.07, 6.45) is 40.9. The zero-order valence-corrected chi connectivity index (χ0v) is 26.2. The molecule has 0 amide bonds. The summed E-state index contributed by atoms with van der Waals surface area (Å²) in [5, 5.41) is 0. The van der Waals surface area contributed by atoms with E-state index < -0.39 is 0 Å². The Morgan fingerprint density at radius 2 is 0.444 bits per heavy atom. The molecule has 0 N–H and O–H groups in total. The van der Waals surface area contributed by atoms with Crippen molar-refractivity contribution in [1.29, 1.82) is 0 Å². The van der Waals surface area contributed by atoms with Gasteiger partial charge in [0.15, 0.2) is 0 Å². The van der Waals surface area contributed by atoms with E-state index in [2.05, 4.69) is 27.9 Å². The van der Waals surface area contributed by atoms with Crippen LogP contribution in [0.1, 0.15) is 194 Å². The van der Waals surface area contributed by atoms with Gasteiger partial charge in [-0.05, 0) is 25.7 Å². The predicted octanol–water partition coefficient (Wildman–Crippen LogP) is 11.6. The molecule has 0 aromatic heterocycles. The van der Waals surface area contributed by atoms with Crippen molar-refractivity contribution in [1.82, 2.24) is 0 Å². The first-order valence-corrected chi connectivity index (χ1v) is 16.9. The molecule has 0 fully saturated rings. The van der Waals surface area contributed by atoms with Gasteiger partial charge in [0.1, 0.15) is 0 Å². The van der Waals surface area contributed by atoms with Crippen molar-refractivity contribution < 1.29 is 4.48 Å². The van der Waals surface area contributed by atoms with Crippen molar-refractivity contribution >= 4 is 8.41 Å². The average Bonchev–Trinajstić information content (AvgIpc) is 2.84. The van der Waals surface area contributed by atoms with Crippen LogP contribution in [0.5, 0.6) is 0 Å². The summed E-state index contributed by atoms with van der Waals surface area (Å²) in [7, 11) is 4.93. The smallest absolute Gasteiger partial charge is 0.0782 e. The third kappa shape index (κ3) is 32.1. The minimum absolute atomic E-state index is 0. The van der Waals surface area contributed by atoms with E-state index in [0.29, 0.717) is 0 Å². The second-order valence-electron chi connectivity index (χ2n) is 12.6. The van der Waals surface area contributed by atoms with Crippen LogP contribution in [-0.2, 0) is 0 Å². The fourth-order valence-electron chi connectivity index (χ4n) is 5.58. The molecule has 36 heavy (non-hydrogen) atoms. The molecule has 0 atom stereocenters. The Bertz CT molecular complexity index is 347. The Labute approximate surface area is 233 Å². The zero-order chi connectivity index (χ0) is 25.7. The molecule has 0 bridgehead atoms. The molecule has 0 unspecified atom stereocenters. The molecule has 0 heterocycles. The van der Waals surface area contributed by atoms with Crippen LogP contribution in [0, 0.1) is 0 Å². The van der Waals surface area contributed by atoms with Gasteiger partial charge in [0, 0.05) is 8.41 Å². The van der Waals surface area contributed by atoms with Crippen LogP contribution in [0.25, 0.3) is 0 Å². The third-order valence-electron chi connectivity index (χ3n) is 8.23. The Morgan fingerprint density at radius 3 is 0.639 bits per heavy atom. The van der Waals surface area contributed by atoms with Crippen molar-refractivity contribution in [2.45, 2.75) is 194 Å². The first kappa shape index (κ1) is 38.2. The van der Waals surface area contributed by atoms with Gasteiger partial charge < -0.3 is 4.48 Å².